The molecular weight excluding hydrogens is 368 g/mol. The van der Waals surface area contributed by atoms with Crippen LogP contribution in [0.5, 0.6) is 0 Å². The quantitative estimate of drug-likeness (QED) is 0.521. The smallest absolute Gasteiger partial charge is 0.273 e. The van der Waals surface area contributed by atoms with Crippen LogP contribution in [0.3, 0.4) is 0 Å². The number of carbonyl (C=O) groups excluding carboxylic acids is 1. The summed E-state index contributed by atoms with van der Waals surface area (Å²) >= 11 is 6.48. The zero-order valence-electron chi connectivity index (χ0n) is 14.3. The Balaban J connectivity index is 1.85. The maximum Gasteiger partial charge on any atom is 0.273 e. The molecule has 3 rings (SSSR count). The van der Waals surface area contributed by atoms with E-state index in [9.17, 15) is 9.59 Å². The van der Waals surface area contributed by atoms with Gasteiger partial charge >= 0.3 is 0 Å². The number of anilines is 1. The lowest BCUT2D eigenvalue weighted by Gasteiger charge is -2.08. The van der Waals surface area contributed by atoms with Crippen LogP contribution in [0.1, 0.15) is 12.5 Å². The molecule has 0 unspecified atom stereocenters. The number of amides is 1. The van der Waals surface area contributed by atoms with Gasteiger partial charge < -0.3 is 9.88 Å². The van der Waals surface area contributed by atoms with Crippen LogP contribution >= 0.6 is 23.6 Å². The molecule has 0 aliphatic carbocycles. The first-order valence-corrected chi connectivity index (χ1v) is 9.34. The molecule has 26 heavy (non-hydrogen) atoms. The second kappa shape index (κ2) is 7.76. The normalized spacial score (nSPS) is 10.8. The van der Waals surface area contributed by atoms with Crippen molar-refractivity contribution in [2.45, 2.75) is 26.4 Å². The van der Waals surface area contributed by atoms with Gasteiger partial charge in [0.1, 0.15) is 17.6 Å². The molecule has 0 saturated carbocycles. The van der Waals surface area contributed by atoms with Crippen LogP contribution < -0.4 is 10.9 Å². The topological polar surface area (TPSA) is 68.9 Å². The summed E-state index contributed by atoms with van der Waals surface area (Å²) in [6.07, 6.45) is 3.97. The standard InChI is InChI=1S/C18H18N4O2S2/c1-3-8-22-16-15(26-18(22)25)17(24)21(11-19-16)10-14(23)20-13-7-5-6-12(4-2)9-13/h3,5-7,9,11H,1,4,8,10H2,2H3,(H,20,23). The van der Waals surface area contributed by atoms with E-state index in [0.29, 0.717) is 26.5 Å². The van der Waals surface area contributed by atoms with Gasteiger partial charge in [0.15, 0.2) is 9.60 Å². The number of nitrogens with one attached hydrogen (secondary N) is 1. The van der Waals surface area contributed by atoms with E-state index >= 15 is 0 Å². The molecule has 0 atom stereocenters. The number of benzene rings is 1. The van der Waals surface area contributed by atoms with Crippen molar-refractivity contribution < 1.29 is 4.79 Å². The van der Waals surface area contributed by atoms with Crippen molar-refractivity contribution in [2.75, 3.05) is 5.32 Å². The first-order chi connectivity index (χ1) is 12.5. The first-order valence-electron chi connectivity index (χ1n) is 8.12. The minimum Gasteiger partial charge on any atom is -0.325 e. The molecular formula is C18H18N4O2S2. The summed E-state index contributed by atoms with van der Waals surface area (Å²) in [5, 5.41) is 2.82. The Morgan fingerprint density at radius 2 is 2.27 bits per heavy atom. The molecule has 1 aromatic carbocycles. The summed E-state index contributed by atoms with van der Waals surface area (Å²) in [6, 6.07) is 7.63. The average Bonchev–Trinajstić information content (AvgIpc) is 2.94. The number of allylic oxidation sites excluding steroid dienone is 1. The third-order valence-corrected chi connectivity index (χ3v) is 5.31. The van der Waals surface area contributed by atoms with Crippen LogP contribution in [0.4, 0.5) is 5.69 Å². The van der Waals surface area contributed by atoms with Gasteiger partial charge in [-0.1, -0.05) is 36.5 Å². The summed E-state index contributed by atoms with van der Waals surface area (Å²) in [6.45, 7) is 6.12. The van der Waals surface area contributed by atoms with Gasteiger partial charge in [-0.2, -0.15) is 0 Å². The highest BCUT2D eigenvalue weighted by molar-refractivity contribution is 7.73. The molecule has 1 amide bonds. The van der Waals surface area contributed by atoms with Crippen LogP contribution in [0.15, 0.2) is 48.0 Å². The summed E-state index contributed by atoms with van der Waals surface area (Å²) in [5.74, 6) is -0.282. The zero-order chi connectivity index (χ0) is 18.7. The van der Waals surface area contributed by atoms with E-state index in [1.165, 1.54) is 22.2 Å². The Hall–Kier alpha value is -2.58. The van der Waals surface area contributed by atoms with E-state index < -0.39 is 0 Å². The fraction of sp³-hybridized carbons (Fsp3) is 0.222. The highest BCUT2D eigenvalue weighted by Crippen LogP contribution is 2.17. The van der Waals surface area contributed by atoms with E-state index in [0.717, 1.165) is 12.0 Å². The second-order valence-corrected chi connectivity index (χ2v) is 7.34. The Labute approximate surface area is 159 Å². The van der Waals surface area contributed by atoms with Crippen molar-refractivity contribution in [3.05, 3.63) is 63.1 Å². The first kappa shape index (κ1) is 18.2. The van der Waals surface area contributed by atoms with Gasteiger partial charge in [-0.3, -0.25) is 14.2 Å². The largest absolute Gasteiger partial charge is 0.325 e. The van der Waals surface area contributed by atoms with Crippen molar-refractivity contribution in [3.8, 4) is 0 Å². The van der Waals surface area contributed by atoms with Crippen LogP contribution in [0.2, 0.25) is 0 Å². The number of hydrogen-bond acceptors (Lipinski definition) is 5. The fourth-order valence-electron chi connectivity index (χ4n) is 2.60. The number of aromatic nitrogens is 3. The SMILES string of the molecule is C=CCn1c(=S)sc2c(=O)n(CC(=O)Nc3cccc(CC)c3)cnc21. The predicted molar refractivity (Wildman–Crippen MR) is 107 cm³/mol. The lowest BCUT2D eigenvalue weighted by atomic mass is 10.1. The molecule has 3 aromatic rings. The van der Waals surface area contributed by atoms with Gasteiger partial charge in [0.25, 0.3) is 5.56 Å². The van der Waals surface area contributed by atoms with Crippen molar-refractivity contribution >= 4 is 45.5 Å². The van der Waals surface area contributed by atoms with Crippen molar-refractivity contribution in [1.29, 1.82) is 0 Å². The average molecular weight is 387 g/mol. The summed E-state index contributed by atoms with van der Waals surface area (Å²) in [5.41, 5.74) is 2.10. The molecule has 2 aromatic heterocycles. The molecule has 0 bridgehead atoms. The number of nitrogens with zero attached hydrogens (tertiary/aromatic N) is 3. The highest BCUT2D eigenvalue weighted by Gasteiger charge is 2.13. The molecule has 0 saturated heterocycles. The molecule has 0 spiro atoms. The number of aryl methyl sites for hydroxylation is 1. The van der Waals surface area contributed by atoms with Crippen LogP contribution in [0, 0.1) is 3.95 Å². The molecule has 8 heteroatoms. The van der Waals surface area contributed by atoms with E-state index in [-0.39, 0.29) is 18.0 Å². The van der Waals surface area contributed by atoms with Crippen LogP contribution in [-0.4, -0.2) is 20.0 Å². The zero-order valence-corrected chi connectivity index (χ0v) is 15.9. The maximum atomic E-state index is 12.7. The number of rotatable bonds is 6. The Bertz CT molecular complexity index is 1090. The molecule has 6 nitrogen and oxygen atoms in total. The lowest BCUT2D eigenvalue weighted by molar-refractivity contribution is -0.116. The number of thiazole rings is 1. The number of hydrogen-bond donors (Lipinski definition) is 1. The molecule has 2 heterocycles. The minimum absolute atomic E-state index is 0.107. The highest BCUT2D eigenvalue weighted by atomic mass is 32.1. The van der Waals surface area contributed by atoms with E-state index in [4.69, 9.17) is 12.2 Å². The van der Waals surface area contributed by atoms with Gasteiger partial charge in [-0.25, -0.2) is 4.98 Å². The fourth-order valence-corrected chi connectivity index (χ4v) is 3.91. The van der Waals surface area contributed by atoms with Gasteiger partial charge in [-0.05, 0) is 36.3 Å². The Morgan fingerprint density at radius 1 is 1.46 bits per heavy atom. The molecule has 1 N–H and O–H groups in total. The van der Waals surface area contributed by atoms with Crippen LogP contribution in [0.25, 0.3) is 10.3 Å². The van der Waals surface area contributed by atoms with Gasteiger partial charge in [0, 0.05) is 12.2 Å². The number of carbonyl (C=O) groups is 1. The third-order valence-electron chi connectivity index (χ3n) is 3.89. The van der Waals surface area contributed by atoms with Crippen molar-refractivity contribution in [2.24, 2.45) is 0 Å². The second-order valence-electron chi connectivity index (χ2n) is 5.70. The molecule has 0 radical (unpaired) electrons. The summed E-state index contributed by atoms with van der Waals surface area (Å²) < 4.78 is 4.05. The van der Waals surface area contributed by atoms with Gasteiger partial charge in [-0.15, -0.1) is 6.58 Å². The van der Waals surface area contributed by atoms with Crippen molar-refractivity contribution in [1.82, 2.24) is 14.1 Å². The third kappa shape index (κ3) is 3.66. The lowest BCUT2D eigenvalue weighted by Crippen LogP contribution is -2.27. The summed E-state index contributed by atoms with van der Waals surface area (Å²) in [7, 11) is 0. The molecule has 0 aliphatic heterocycles. The maximum absolute atomic E-state index is 12.7. The van der Waals surface area contributed by atoms with E-state index in [2.05, 4.69) is 23.8 Å². The Morgan fingerprint density at radius 3 is 3.00 bits per heavy atom. The molecule has 134 valence electrons. The van der Waals surface area contributed by atoms with Crippen LogP contribution in [-0.2, 0) is 24.3 Å². The van der Waals surface area contributed by atoms with E-state index in [1.54, 1.807) is 10.6 Å². The Kier molecular flexibility index (Phi) is 5.43. The number of fused-ring (bicyclic) bond motifs is 1. The predicted octanol–water partition coefficient (Wildman–Crippen LogP) is 3.38. The van der Waals surface area contributed by atoms with Crippen molar-refractivity contribution in [3.63, 3.8) is 0 Å². The molecule has 0 fully saturated rings. The van der Waals surface area contributed by atoms with Gasteiger partial charge in [0.05, 0.1) is 0 Å². The van der Waals surface area contributed by atoms with E-state index in [1.807, 2.05) is 24.3 Å². The van der Waals surface area contributed by atoms with Gasteiger partial charge in [0.2, 0.25) is 5.91 Å². The molecule has 0 aliphatic rings. The monoisotopic (exact) mass is 386 g/mol. The minimum atomic E-state index is -0.282. The summed E-state index contributed by atoms with van der Waals surface area (Å²) in [4.78, 5) is 29.3.